The van der Waals surface area contributed by atoms with E-state index in [1.165, 1.54) is 10.9 Å². The lowest BCUT2D eigenvalue weighted by molar-refractivity contribution is -0.0511. The number of aliphatic hydroxyl groups is 2. The zero-order chi connectivity index (χ0) is 23.1. The van der Waals surface area contributed by atoms with Gasteiger partial charge in [0, 0.05) is 6.20 Å². The Balaban J connectivity index is 1.63. The summed E-state index contributed by atoms with van der Waals surface area (Å²) in [7, 11) is -4.76. The Kier molecular flexibility index (Phi) is 6.47. The molecular weight excluding hydrogens is 441 g/mol. The molecule has 32 heavy (non-hydrogen) atoms. The number of imidazole rings is 1. The number of phosphoric ester groups is 1. The molecule has 4 rings (SSSR count). The molecule has 3 heterocycles. The van der Waals surface area contributed by atoms with Gasteiger partial charge >= 0.3 is 7.82 Å². The fourth-order valence-corrected chi connectivity index (χ4v) is 5.24. The Morgan fingerprint density at radius 2 is 1.91 bits per heavy atom. The van der Waals surface area contributed by atoms with Gasteiger partial charge in [-0.25, -0.2) is 14.5 Å². The van der Waals surface area contributed by atoms with Crippen LogP contribution < -0.4 is 11.5 Å². The number of hydrogen-bond donors (Lipinski definition) is 6. The monoisotopic (exact) mass is 471 g/mol. The molecule has 0 spiro atoms. The van der Waals surface area contributed by atoms with Gasteiger partial charge in [-0.3, -0.25) is 9.09 Å². The number of nitrogens with two attached hydrogens (primary N) is 2. The van der Waals surface area contributed by atoms with E-state index in [9.17, 15) is 14.8 Å². The first-order valence-electron chi connectivity index (χ1n) is 10.7. The van der Waals surface area contributed by atoms with E-state index in [1.807, 2.05) is 0 Å². The van der Waals surface area contributed by atoms with E-state index in [0.29, 0.717) is 18.0 Å². The van der Waals surface area contributed by atoms with Gasteiger partial charge in [0.15, 0.2) is 6.23 Å². The number of nitrogen functional groups attached to an aromatic ring is 1. The number of phosphoric acid groups is 1. The van der Waals surface area contributed by atoms with E-state index in [4.69, 9.17) is 26.0 Å². The Morgan fingerprint density at radius 1 is 1.19 bits per heavy atom. The van der Waals surface area contributed by atoms with Gasteiger partial charge in [-0.15, -0.1) is 0 Å². The summed E-state index contributed by atoms with van der Waals surface area (Å²) in [4.78, 5) is 26.8. The molecule has 1 aliphatic carbocycles. The quantitative estimate of drug-likeness (QED) is 0.327. The van der Waals surface area contributed by atoms with Crippen molar-refractivity contribution >= 4 is 19.5 Å². The van der Waals surface area contributed by atoms with E-state index in [0.717, 1.165) is 44.1 Å². The number of amidine groups is 1. The maximum Gasteiger partial charge on any atom is 0.469 e. The molecule has 0 amide bonds. The maximum atomic E-state index is 11.0. The average molecular weight is 471 g/mol. The molecule has 0 bridgehead atoms. The largest absolute Gasteiger partial charge is 0.469 e. The third-order valence-electron chi connectivity index (χ3n) is 6.60. The van der Waals surface area contributed by atoms with Gasteiger partial charge in [0.2, 0.25) is 0 Å². The van der Waals surface area contributed by atoms with Gasteiger partial charge in [0.05, 0.1) is 18.3 Å². The third-order valence-corrected chi connectivity index (χ3v) is 7.08. The van der Waals surface area contributed by atoms with Gasteiger partial charge in [-0.1, -0.05) is 25.7 Å². The molecule has 3 aliphatic rings. The van der Waals surface area contributed by atoms with Crippen LogP contribution >= 0.6 is 7.82 Å². The van der Waals surface area contributed by atoms with Crippen LogP contribution in [0.1, 0.15) is 56.9 Å². The van der Waals surface area contributed by atoms with Crippen molar-refractivity contribution in [3.8, 4) is 0 Å². The van der Waals surface area contributed by atoms with Gasteiger partial charge in [-0.05, 0) is 24.8 Å². The minimum Gasteiger partial charge on any atom is -0.387 e. The van der Waals surface area contributed by atoms with Crippen LogP contribution in [0.4, 0.5) is 5.82 Å². The van der Waals surface area contributed by atoms with Gasteiger partial charge in [-0.2, -0.15) is 0 Å². The molecule has 5 unspecified atom stereocenters. The Bertz CT molecular complexity index is 960. The van der Waals surface area contributed by atoms with Crippen LogP contribution in [0.25, 0.3) is 0 Å². The van der Waals surface area contributed by atoms with Crippen molar-refractivity contribution in [1.29, 1.82) is 0 Å². The summed E-state index contributed by atoms with van der Waals surface area (Å²) in [5.74, 6) is 0.662. The molecule has 5 atom stereocenters. The van der Waals surface area contributed by atoms with Crippen molar-refractivity contribution in [3.63, 3.8) is 0 Å². The number of rotatable bonds is 5. The summed E-state index contributed by atoms with van der Waals surface area (Å²) in [6, 6.07) is 0. The van der Waals surface area contributed by atoms with Crippen molar-refractivity contribution < 1.29 is 33.8 Å². The third kappa shape index (κ3) is 4.12. The number of anilines is 1. The highest BCUT2D eigenvalue weighted by Crippen LogP contribution is 2.46. The molecule has 0 aromatic carbocycles. The summed E-state index contributed by atoms with van der Waals surface area (Å²) in [5.41, 5.74) is 13.8. The van der Waals surface area contributed by atoms with Gasteiger partial charge in [0.1, 0.15) is 35.7 Å². The fraction of sp³-hybridized carbons (Fsp3) is 0.684. The lowest BCUT2D eigenvalue weighted by atomic mass is 9.72. The van der Waals surface area contributed by atoms with Crippen LogP contribution in [0, 0.1) is 0 Å². The number of hydrogen-bond acceptors (Lipinski definition) is 9. The zero-order valence-electron chi connectivity index (χ0n) is 17.6. The highest BCUT2D eigenvalue weighted by molar-refractivity contribution is 7.46. The summed E-state index contributed by atoms with van der Waals surface area (Å²) in [5, 5.41) is 20.8. The van der Waals surface area contributed by atoms with Gasteiger partial charge in [0.25, 0.3) is 0 Å². The molecule has 2 aliphatic heterocycles. The van der Waals surface area contributed by atoms with Crippen LogP contribution in [0.5, 0.6) is 0 Å². The number of nitrogens with zero attached hydrogens (tertiary/aromatic N) is 3. The maximum absolute atomic E-state index is 11.0. The predicted octanol–water partition coefficient (Wildman–Crippen LogP) is 0.431. The second kappa shape index (κ2) is 8.86. The molecule has 1 saturated heterocycles. The van der Waals surface area contributed by atoms with Crippen molar-refractivity contribution in [2.45, 2.75) is 74.9 Å². The van der Waals surface area contributed by atoms with Crippen LogP contribution in [-0.4, -0.2) is 60.3 Å². The van der Waals surface area contributed by atoms with Crippen molar-refractivity contribution in [2.75, 3.05) is 12.3 Å². The summed E-state index contributed by atoms with van der Waals surface area (Å²) >= 11 is 0. The molecule has 1 aromatic rings. The molecule has 0 radical (unpaired) electrons. The Labute approximate surface area is 185 Å². The highest BCUT2D eigenvalue weighted by Gasteiger charge is 2.49. The first-order chi connectivity index (χ1) is 15.1. The predicted molar refractivity (Wildman–Crippen MR) is 114 cm³/mol. The van der Waals surface area contributed by atoms with E-state index < -0.39 is 44.4 Å². The molecule has 12 nitrogen and oxygen atoms in total. The minimum atomic E-state index is -4.76. The van der Waals surface area contributed by atoms with Gasteiger partial charge < -0.3 is 36.2 Å². The number of aromatic nitrogens is 2. The normalized spacial score (nSPS) is 33.8. The fourth-order valence-electron chi connectivity index (χ4n) is 4.90. The van der Waals surface area contributed by atoms with E-state index >= 15 is 0 Å². The van der Waals surface area contributed by atoms with E-state index in [1.54, 1.807) is 6.20 Å². The molecule has 1 aromatic heterocycles. The second-order valence-electron chi connectivity index (χ2n) is 8.56. The SMILES string of the molecule is NC1=NC=C2CCCCCCCC21c1ncn(C2OC(COP(=O)(O)O)C(O)C2O)c1N. The smallest absolute Gasteiger partial charge is 0.387 e. The Morgan fingerprint density at radius 3 is 2.66 bits per heavy atom. The minimum absolute atomic E-state index is 0.225. The van der Waals surface area contributed by atoms with Crippen LogP contribution in [0.3, 0.4) is 0 Å². The molecular formula is C19H30N5O7P. The topological polar surface area (TPSA) is 199 Å². The first-order valence-corrected chi connectivity index (χ1v) is 12.3. The van der Waals surface area contributed by atoms with Crippen molar-refractivity contribution in [3.05, 3.63) is 23.8 Å². The molecule has 178 valence electrons. The van der Waals surface area contributed by atoms with Crippen LogP contribution in [0.15, 0.2) is 23.1 Å². The molecule has 1 saturated carbocycles. The van der Waals surface area contributed by atoms with E-state index in [-0.39, 0.29) is 5.82 Å². The highest BCUT2D eigenvalue weighted by atomic mass is 31.2. The molecule has 13 heteroatoms. The van der Waals surface area contributed by atoms with Crippen LogP contribution in [-0.2, 0) is 19.2 Å². The lowest BCUT2D eigenvalue weighted by Gasteiger charge is -2.31. The summed E-state index contributed by atoms with van der Waals surface area (Å²) in [6.45, 7) is -0.600. The van der Waals surface area contributed by atoms with Crippen molar-refractivity contribution in [1.82, 2.24) is 9.55 Å². The van der Waals surface area contributed by atoms with E-state index in [2.05, 4.69) is 14.5 Å². The number of fused-ring (bicyclic) bond motifs is 1. The number of aliphatic hydroxyl groups excluding tert-OH is 2. The number of aliphatic imine (C=N–C) groups is 1. The number of ether oxygens (including phenoxy) is 1. The first kappa shape index (κ1) is 23.4. The Hall–Kier alpha value is -1.79. The lowest BCUT2D eigenvalue weighted by Crippen LogP contribution is -2.42. The second-order valence-corrected chi connectivity index (χ2v) is 9.80. The van der Waals surface area contributed by atoms with Crippen LogP contribution in [0.2, 0.25) is 0 Å². The summed E-state index contributed by atoms with van der Waals surface area (Å²) < 4.78 is 22.5. The standard InChI is InChI=1S/C19H30N5O7P/c20-16-15(19-7-5-3-1-2-4-6-11(19)8-22-18(19)21)23-10-24(16)17-14(26)13(25)12(31-17)9-30-32(27,28)29/h8,10,12-14,17,25-26H,1-7,9,20H2,(H2,21,22)(H2,27,28,29). The van der Waals surface area contributed by atoms with Crippen molar-refractivity contribution in [2.24, 2.45) is 10.7 Å². The summed E-state index contributed by atoms with van der Waals surface area (Å²) in [6.07, 6.45) is 4.96. The molecule has 8 N–H and O–H groups in total. The zero-order valence-corrected chi connectivity index (χ0v) is 18.5. The average Bonchev–Trinajstić information content (AvgIpc) is 3.36. The molecule has 2 fully saturated rings.